The molecule has 100 valence electrons. The van der Waals surface area contributed by atoms with Gasteiger partial charge in [0.2, 0.25) is 0 Å². The monoisotopic (exact) mass is 241 g/mol. The highest BCUT2D eigenvalue weighted by Crippen LogP contribution is 2.23. The minimum Gasteiger partial charge on any atom is -0.446 e. The quantitative estimate of drug-likeness (QED) is 0.371. The van der Waals surface area contributed by atoms with E-state index in [1.54, 1.807) is 6.92 Å². The minimum atomic E-state index is -0.305. The molecule has 0 aromatic heterocycles. The average molecular weight is 241 g/mol. The summed E-state index contributed by atoms with van der Waals surface area (Å²) in [6, 6.07) is 0. The Bertz CT molecular complexity index is 257. The SMILES string of the molecule is C=C(C)C(=O)OCN(CCC)C(C)(CC)CC. The second-order valence-electron chi connectivity index (χ2n) is 4.81. The summed E-state index contributed by atoms with van der Waals surface area (Å²) >= 11 is 0. The molecule has 0 atom stereocenters. The molecule has 0 unspecified atom stereocenters. The lowest BCUT2D eigenvalue weighted by Crippen LogP contribution is -2.47. The number of carbonyl (C=O) groups is 1. The van der Waals surface area contributed by atoms with Gasteiger partial charge in [-0.25, -0.2) is 4.79 Å². The Balaban J connectivity index is 4.53. The standard InChI is InChI=1S/C14H27NO2/c1-7-10-15(14(6,8-2)9-3)11-17-13(16)12(4)5/h4,7-11H2,1-3,5-6H3. The molecule has 0 aromatic carbocycles. The molecule has 0 aromatic rings. The fourth-order valence-electron chi connectivity index (χ4n) is 1.72. The van der Waals surface area contributed by atoms with Crippen LogP contribution in [0, 0.1) is 0 Å². The van der Waals surface area contributed by atoms with E-state index in [0.717, 1.165) is 25.8 Å². The topological polar surface area (TPSA) is 29.5 Å². The van der Waals surface area contributed by atoms with Crippen LogP contribution in [0.4, 0.5) is 0 Å². The second-order valence-corrected chi connectivity index (χ2v) is 4.81. The van der Waals surface area contributed by atoms with Gasteiger partial charge < -0.3 is 4.74 Å². The summed E-state index contributed by atoms with van der Waals surface area (Å²) in [7, 11) is 0. The lowest BCUT2D eigenvalue weighted by atomic mass is 9.93. The van der Waals surface area contributed by atoms with Crippen molar-refractivity contribution in [1.29, 1.82) is 0 Å². The number of carbonyl (C=O) groups excluding carboxylic acids is 1. The number of nitrogens with zero attached hydrogens (tertiary/aromatic N) is 1. The molecule has 0 saturated heterocycles. The molecule has 0 aliphatic carbocycles. The number of esters is 1. The van der Waals surface area contributed by atoms with Crippen LogP contribution in [-0.4, -0.2) is 29.7 Å². The van der Waals surface area contributed by atoms with E-state index in [2.05, 4.69) is 39.2 Å². The van der Waals surface area contributed by atoms with Crippen molar-refractivity contribution in [2.24, 2.45) is 0 Å². The van der Waals surface area contributed by atoms with E-state index in [9.17, 15) is 4.79 Å². The highest BCUT2D eigenvalue weighted by molar-refractivity contribution is 5.86. The van der Waals surface area contributed by atoms with E-state index in [1.165, 1.54) is 0 Å². The first-order chi connectivity index (χ1) is 7.91. The van der Waals surface area contributed by atoms with E-state index in [0.29, 0.717) is 12.3 Å². The Hall–Kier alpha value is -0.830. The molecule has 0 rings (SSSR count). The number of hydrogen-bond donors (Lipinski definition) is 0. The van der Waals surface area contributed by atoms with Crippen LogP contribution in [0.3, 0.4) is 0 Å². The summed E-state index contributed by atoms with van der Waals surface area (Å²) in [4.78, 5) is 13.7. The van der Waals surface area contributed by atoms with Gasteiger partial charge in [-0.05, 0) is 33.1 Å². The minimum absolute atomic E-state index is 0.103. The highest BCUT2D eigenvalue weighted by Gasteiger charge is 2.28. The van der Waals surface area contributed by atoms with Crippen LogP contribution in [-0.2, 0) is 9.53 Å². The third kappa shape index (κ3) is 4.90. The molecule has 0 aliphatic rings. The largest absolute Gasteiger partial charge is 0.446 e. The lowest BCUT2D eigenvalue weighted by molar-refractivity contribution is -0.147. The van der Waals surface area contributed by atoms with Gasteiger partial charge in [-0.15, -0.1) is 0 Å². The first-order valence-corrected chi connectivity index (χ1v) is 6.48. The Kier molecular flexibility index (Phi) is 7.12. The lowest BCUT2D eigenvalue weighted by Gasteiger charge is -2.39. The molecule has 0 N–H and O–H groups in total. The van der Waals surface area contributed by atoms with Crippen molar-refractivity contribution in [1.82, 2.24) is 4.90 Å². The first-order valence-electron chi connectivity index (χ1n) is 6.48. The van der Waals surface area contributed by atoms with E-state index < -0.39 is 0 Å². The molecule has 17 heavy (non-hydrogen) atoms. The highest BCUT2D eigenvalue weighted by atomic mass is 16.5. The summed E-state index contributed by atoms with van der Waals surface area (Å²) in [6.45, 7) is 15.3. The number of hydrogen-bond acceptors (Lipinski definition) is 3. The molecule has 0 saturated carbocycles. The molecule has 0 bridgehead atoms. The van der Waals surface area contributed by atoms with Crippen LogP contribution in [0.1, 0.15) is 53.9 Å². The van der Waals surface area contributed by atoms with Gasteiger partial charge >= 0.3 is 5.97 Å². The maximum Gasteiger partial charge on any atom is 0.334 e. The smallest absolute Gasteiger partial charge is 0.334 e. The molecule has 3 heteroatoms. The summed E-state index contributed by atoms with van der Waals surface area (Å²) in [5.74, 6) is -0.305. The van der Waals surface area contributed by atoms with Crippen LogP contribution in [0.15, 0.2) is 12.2 Å². The van der Waals surface area contributed by atoms with Crippen molar-refractivity contribution in [2.75, 3.05) is 13.3 Å². The van der Waals surface area contributed by atoms with Gasteiger partial charge in [0.25, 0.3) is 0 Å². The van der Waals surface area contributed by atoms with E-state index in [1.807, 2.05) is 0 Å². The molecule has 0 fully saturated rings. The van der Waals surface area contributed by atoms with Gasteiger partial charge in [0, 0.05) is 17.7 Å². The van der Waals surface area contributed by atoms with Crippen molar-refractivity contribution in [3.05, 3.63) is 12.2 Å². The van der Waals surface area contributed by atoms with Gasteiger partial charge in [0.15, 0.2) is 0 Å². The average Bonchev–Trinajstić information content (AvgIpc) is 2.32. The van der Waals surface area contributed by atoms with E-state index >= 15 is 0 Å². The fraction of sp³-hybridized carbons (Fsp3) is 0.786. The Morgan fingerprint density at radius 3 is 2.18 bits per heavy atom. The van der Waals surface area contributed by atoms with Crippen LogP contribution in [0.25, 0.3) is 0 Å². The van der Waals surface area contributed by atoms with Gasteiger partial charge in [0.1, 0.15) is 6.73 Å². The zero-order chi connectivity index (χ0) is 13.5. The van der Waals surface area contributed by atoms with Gasteiger partial charge in [0.05, 0.1) is 0 Å². The zero-order valence-electron chi connectivity index (χ0n) is 12.0. The molecule has 0 amide bonds. The Morgan fingerprint density at radius 1 is 1.29 bits per heavy atom. The Labute approximate surface area is 106 Å². The zero-order valence-corrected chi connectivity index (χ0v) is 12.0. The van der Waals surface area contributed by atoms with Crippen LogP contribution >= 0.6 is 0 Å². The third-order valence-electron chi connectivity index (χ3n) is 3.48. The third-order valence-corrected chi connectivity index (χ3v) is 3.48. The number of rotatable bonds is 8. The summed E-state index contributed by atoms with van der Waals surface area (Å²) in [6.07, 6.45) is 3.16. The fourth-order valence-corrected chi connectivity index (χ4v) is 1.72. The van der Waals surface area contributed by atoms with Crippen molar-refractivity contribution in [2.45, 2.75) is 59.4 Å². The van der Waals surface area contributed by atoms with Crippen LogP contribution < -0.4 is 0 Å². The van der Waals surface area contributed by atoms with Gasteiger partial charge in [-0.3, -0.25) is 4.90 Å². The summed E-state index contributed by atoms with van der Waals surface area (Å²) in [5.41, 5.74) is 0.557. The molecule has 3 nitrogen and oxygen atoms in total. The van der Waals surface area contributed by atoms with Crippen molar-refractivity contribution >= 4 is 5.97 Å². The predicted molar refractivity (Wildman–Crippen MR) is 71.8 cm³/mol. The molecule has 0 radical (unpaired) electrons. The molecule has 0 heterocycles. The molecular formula is C14H27NO2. The maximum atomic E-state index is 11.4. The van der Waals surface area contributed by atoms with Crippen molar-refractivity contribution < 1.29 is 9.53 Å². The summed E-state index contributed by atoms with van der Waals surface area (Å²) in [5, 5.41) is 0. The van der Waals surface area contributed by atoms with Crippen LogP contribution in [0.5, 0.6) is 0 Å². The van der Waals surface area contributed by atoms with Crippen molar-refractivity contribution in [3.8, 4) is 0 Å². The molecule has 0 aliphatic heterocycles. The summed E-state index contributed by atoms with van der Waals surface area (Å²) < 4.78 is 5.26. The van der Waals surface area contributed by atoms with Crippen LogP contribution in [0.2, 0.25) is 0 Å². The van der Waals surface area contributed by atoms with Gasteiger partial charge in [-0.2, -0.15) is 0 Å². The maximum absolute atomic E-state index is 11.4. The predicted octanol–water partition coefficient (Wildman–Crippen LogP) is 3.35. The second kappa shape index (κ2) is 7.49. The first kappa shape index (κ1) is 16.2. The normalized spacial score (nSPS) is 11.6. The molecule has 0 spiro atoms. The Morgan fingerprint density at radius 2 is 1.82 bits per heavy atom. The van der Waals surface area contributed by atoms with E-state index in [-0.39, 0.29) is 11.5 Å². The molecular weight excluding hydrogens is 214 g/mol. The van der Waals surface area contributed by atoms with E-state index in [4.69, 9.17) is 4.74 Å². The number of ether oxygens (including phenoxy) is 1. The van der Waals surface area contributed by atoms with Gasteiger partial charge in [-0.1, -0.05) is 27.4 Å². The van der Waals surface area contributed by atoms with Crippen molar-refractivity contribution in [3.63, 3.8) is 0 Å².